The first kappa shape index (κ1) is 11.0. The van der Waals surface area contributed by atoms with E-state index in [0.29, 0.717) is 13.2 Å². The summed E-state index contributed by atoms with van der Waals surface area (Å²) in [5.74, 6) is -0.501. The number of nitro benzene ring substituents is 1. The molecule has 0 saturated carbocycles. The Morgan fingerprint density at radius 1 is 1.44 bits per heavy atom. The molecule has 1 fully saturated rings. The van der Waals surface area contributed by atoms with Crippen LogP contribution in [0.2, 0.25) is 0 Å². The van der Waals surface area contributed by atoms with Crippen molar-refractivity contribution in [2.45, 2.75) is 12.7 Å². The van der Waals surface area contributed by atoms with Crippen molar-refractivity contribution in [3.05, 3.63) is 39.7 Å². The first-order valence-corrected chi connectivity index (χ1v) is 4.83. The maximum Gasteiger partial charge on any atom is 0.272 e. The van der Waals surface area contributed by atoms with E-state index in [9.17, 15) is 14.5 Å². The molecule has 0 atom stereocenters. The number of nitrogens with zero attached hydrogens (tertiary/aromatic N) is 1. The molecule has 0 aliphatic carbocycles. The third-order valence-electron chi connectivity index (χ3n) is 2.32. The fraction of sp³-hybridized carbons (Fsp3) is 0.400. The van der Waals surface area contributed by atoms with Crippen LogP contribution in [0.5, 0.6) is 0 Å². The van der Waals surface area contributed by atoms with Crippen molar-refractivity contribution < 1.29 is 18.8 Å². The predicted octanol–water partition coefficient (Wildman–Crippen LogP) is 1.65. The average molecular weight is 227 g/mol. The molecule has 1 heterocycles. The minimum atomic E-state index is -0.538. The Labute approximate surface area is 90.9 Å². The molecule has 0 aromatic heterocycles. The Morgan fingerprint density at radius 2 is 2.12 bits per heavy atom. The summed E-state index contributed by atoms with van der Waals surface area (Å²) in [6, 6.07) is 3.36. The van der Waals surface area contributed by atoms with Gasteiger partial charge in [0.25, 0.3) is 5.69 Å². The molecule has 0 N–H and O–H groups in total. The van der Waals surface area contributed by atoms with Gasteiger partial charge in [-0.25, -0.2) is 4.39 Å². The summed E-state index contributed by atoms with van der Waals surface area (Å²) in [5, 5.41) is 10.7. The molecular weight excluding hydrogens is 217 g/mol. The van der Waals surface area contributed by atoms with Gasteiger partial charge in [-0.3, -0.25) is 10.1 Å². The van der Waals surface area contributed by atoms with Crippen molar-refractivity contribution in [3.63, 3.8) is 0 Å². The second-order valence-corrected chi connectivity index (χ2v) is 3.41. The quantitative estimate of drug-likeness (QED) is 0.581. The molecule has 1 saturated heterocycles. The Morgan fingerprint density at radius 3 is 2.75 bits per heavy atom. The number of halogens is 1. The number of hydrogen-bond acceptors (Lipinski definition) is 4. The molecule has 0 unspecified atom stereocenters. The van der Waals surface area contributed by atoms with Gasteiger partial charge in [0.1, 0.15) is 5.82 Å². The molecule has 16 heavy (non-hydrogen) atoms. The first-order valence-electron chi connectivity index (χ1n) is 4.83. The standard InChI is InChI=1S/C10H10FNO4/c11-8-1-2-9(12(13)14)7(5-8)6-10-15-3-4-16-10/h1-2,5,10H,3-4,6H2. The van der Waals surface area contributed by atoms with Gasteiger partial charge in [-0.1, -0.05) is 0 Å². The molecule has 0 radical (unpaired) electrons. The fourth-order valence-corrected chi connectivity index (χ4v) is 1.60. The zero-order valence-electron chi connectivity index (χ0n) is 8.39. The maximum atomic E-state index is 13.0. The molecule has 5 nitrogen and oxygen atoms in total. The van der Waals surface area contributed by atoms with E-state index in [0.717, 1.165) is 18.2 Å². The van der Waals surface area contributed by atoms with Gasteiger partial charge in [-0.05, 0) is 12.1 Å². The van der Waals surface area contributed by atoms with Crippen molar-refractivity contribution in [3.8, 4) is 0 Å². The Balaban J connectivity index is 2.22. The van der Waals surface area contributed by atoms with Crippen molar-refractivity contribution in [1.82, 2.24) is 0 Å². The monoisotopic (exact) mass is 227 g/mol. The van der Waals surface area contributed by atoms with Gasteiger partial charge < -0.3 is 9.47 Å². The van der Waals surface area contributed by atoms with E-state index < -0.39 is 17.0 Å². The van der Waals surface area contributed by atoms with Crippen molar-refractivity contribution in [2.75, 3.05) is 13.2 Å². The third kappa shape index (κ3) is 2.34. The molecule has 0 bridgehead atoms. The summed E-state index contributed by atoms with van der Waals surface area (Å²) in [4.78, 5) is 10.2. The predicted molar refractivity (Wildman–Crippen MR) is 52.5 cm³/mol. The van der Waals surface area contributed by atoms with E-state index in [4.69, 9.17) is 9.47 Å². The Bertz CT molecular complexity index is 404. The van der Waals surface area contributed by atoms with Gasteiger partial charge in [0, 0.05) is 18.1 Å². The van der Waals surface area contributed by atoms with Gasteiger partial charge in [0.05, 0.1) is 18.1 Å². The Hall–Kier alpha value is -1.53. The number of rotatable bonds is 3. The van der Waals surface area contributed by atoms with E-state index in [1.165, 1.54) is 0 Å². The third-order valence-corrected chi connectivity index (χ3v) is 2.32. The van der Waals surface area contributed by atoms with Crippen molar-refractivity contribution >= 4 is 5.69 Å². The molecule has 1 aromatic rings. The van der Waals surface area contributed by atoms with Crippen LogP contribution in [-0.4, -0.2) is 24.4 Å². The summed E-state index contributed by atoms with van der Waals surface area (Å²) in [6.07, 6.45) is -0.325. The number of ether oxygens (including phenoxy) is 2. The number of benzene rings is 1. The molecule has 86 valence electrons. The second-order valence-electron chi connectivity index (χ2n) is 3.41. The van der Waals surface area contributed by atoms with Crippen LogP contribution < -0.4 is 0 Å². The highest BCUT2D eigenvalue weighted by Crippen LogP contribution is 2.23. The van der Waals surface area contributed by atoms with Crippen LogP contribution >= 0.6 is 0 Å². The van der Waals surface area contributed by atoms with Crippen LogP contribution in [0, 0.1) is 15.9 Å². The van der Waals surface area contributed by atoms with Gasteiger partial charge in [-0.2, -0.15) is 0 Å². The minimum absolute atomic E-state index is 0.111. The van der Waals surface area contributed by atoms with Gasteiger partial charge >= 0.3 is 0 Å². The van der Waals surface area contributed by atoms with Gasteiger partial charge in [0.15, 0.2) is 6.29 Å². The zero-order chi connectivity index (χ0) is 11.5. The van der Waals surface area contributed by atoms with Crippen LogP contribution in [0.25, 0.3) is 0 Å². The summed E-state index contributed by atoms with van der Waals surface area (Å²) in [5.41, 5.74) is 0.178. The van der Waals surface area contributed by atoms with Gasteiger partial charge in [0.2, 0.25) is 0 Å². The molecular formula is C10H10FNO4. The molecule has 1 aliphatic heterocycles. The number of hydrogen-bond donors (Lipinski definition) is 0. The van der Waals surface area contributed by atoms with Crippen LogP contribution in [-0.2, 0) is 15.9 Å². The van der Waals surface area contributed by atoms with E-state index >= 15 is 0 Å². The Kier molecular flexibility index (Phi) is 3.12. The molecule has 6 heteroatoms. The largest absolute Gasteiger partial charge is 0.350 e. The van der Waals surface area contributed by atoms with Crippen molar-refractivity contribution in [1.29, 1.82) is 0 Å². The number of nitro groups is 1. The lowest BCUT2D eigenvalue weighted by Gasteiger charge is -2.09. The summed E-state index contributed by atoms with van der Waals surface area (Å²) < 4.78 is 23.3. The topological polar surface area (TPSA) is 61.6 Å². The lowest BCUT2D eigenvalue weighted by atomic mass is 10.1. The highest BCUT2D eigenvalue weighted by Gasteiger charge is 2.22. The van der Waals surface area contributed by atoms with E-state index in [2.05, 4.69) is 0 Å². The van der Waals surface area contributed by atoms with Crippen molar-refractivity contribution in [2.24, 2.45) is 0 Å². The summed E-state index contributed by atoms with van der Waals surface area (Å²) in [7, 11) is 0. The highest BCUT2D eigenvalue weighted by atomic mass is 19.1. The van der Waals surface area contributed by atoms with Crippen LogP contribution in [0.4, 0.5) is 10.1 Å². The first-order chi connectivity index (χ1) is 7.66. The molecule has 0 spiro atoms. The smallest absolute Gasteiger partial charge is 0.272 e. The molecule has 2 rings (SSSR count). The van der Waals surface area contributed by atoms with Gasteiger partial charge in [-0.15, -0.1) is 0 Å². The summed E-state index contributed by atoms with van der Waals surface area (Å²) >= 11 is 0. The van der Waals surface area contributed by atoms with E-state index in [1.807, 2.05) is 0 Å². The second kappa shape index (κ2) is 4.54. The lowest BCUT2D eigenvalue weighted by Crippen LogP contribution is -2.12. The SMILES string of the molecule is O=[N+]([O-])c1ccc(F)cc1CC1OCCO1. The minimum Gasteiger partial charge on any atom is -0.350 e. The maximum absolute atomic E-state index is 13.0. The van der Waals surface area contributed by atoms with E-state index in [1.54, 1.807) is 0 Å². The van der Waals surface area contributed by atoms with Crippen LogP contribution in [0.15, 0.2) is 18.2 Å². The normalized spacial score (nSPS) is 16.6. The average Bonchev–Trinajstić information content (AvgIpc) is 2.70. The molecule has 1 aromatic carbocycles. The lowest BCUT2D eigenvalue weighted by molar-refractivity contribution is -0.385. The van der Waals surface area contributed by atoms with Crippen LogP contribution in [0.1, 0.15) is 5.56 Å². The zero-order valence-corrected chi connectivity index (χ0v) is 8.39. The molecule has 1 aliphatic rings. The summed E-state index contributed by atoms with van der Waals surface area (Å²) in [6.45, 7) is 0.932. The fourth-order valence-electron chi connectivity index (χ4n) is 1.60. The van der Waals surface area contributed by atoms with Crippen LogP contribution in [0.3, 0.4) is 0 Å². The van der Waals surface area contributed by atoms with E-state index in [-0.39, 0.29) is 17.7 Å². The molecule has 0 amide bonds. The highest BCUT2D eigenvalue weighted by molar-refractivity contribution is 5.40.